The number of rotatable bonds is 4. The van der Waals surface area contributed by atoms with Gasteiger partial charge in [-0.25, -0.2) is 4.98 Å². The Bertz CT molecular complexity index is 588. The lowest BCUT2D eigenvalue weighted by molar-refractivity contribution is 0.310. The second-order valence-electron chi connectivity index (χ2n) is 4.40. The number of thiophene rings is 1. The van der Waals surface area contributed by atoms with Crippen molar-refractivity contribution in [3.8, 4) is 11.8 Å². The van der Waals surface area contributed by atoms with Gasteiger partial charge in [-0.3, -0.25) is 4.90 Å². The minimum Gasteiger partial charge on any atom is -0.337 e. The van der Waals surface area contributed by atoms with E-state index in [1.807, 2.05) is 24.0 Å². The molecule has 5 heteroatoms. The summed E-state index contributed by atoms with van der Waals surface area (Å²) in [5.74, 6) is 7.01. The van der Waals surface area contributed by atoms with Gasteiger partial charge in [0.15, 0.2) is 0 Å². The summed E-state index contributed by atoms with van der Waals surface area (Å²) in [4.78, 5) is 8.95. The third-order valence-corrected chi connectivity index (χ3v) is 3.72. The summed E-state index contributed by atoms with van der Waals surface area (Å²) in [6, 6.07) is 4.18. The maximum absolute atomic E-state index is 5.37. The highest BCUT2D eigenvalue weighted by molar-refractivity contribution is 7.12. The van der Waals surface area contributed by atoms with Crippen LogP contribution >= 0.6 is 11.3 Å². The quantitative estimate of drug-likeness (QED) is 0.858. The molecule has 0 radical (unpaired) electrons. The second kappa shape index (κ2) is 6.53. The largest absolute Gasteiger partial charge is 0.337 e. The molecule has 0 aliphatic rings. The van der Waals surface area contributed by atoms with E-state index in [-0.39, 0.29) is 0 Å². The smallest absolute Gasteiger partial charge is 0.122 e. The molecule has 0 amide bonds. The molecule has 2 heterocycles. The van der Waals surface area contributed by atoms with Crippen molar-refractivity contribution in [1.82, 2.24) is 14.5 Å². The summed E-state index contributed by atoms with van der Waals surface area (Å²) in [7, 11) is 4.11. The Morgan fingerprint density at radius 1 is 1.42 bits per heavy atom. The summed E-state index contributed by atoms with van der Waals surface area (Å²) in [5.41, 5.74) is 5.37. The number of aryl methyl sites for hydroxylation is 1. The van der Waals surface area contributed by atoms with Crippen molar-refractivity contribution in [2.75, 3.05) is 13.6 Å². The standard InChI is InChI=1S/C14H18N4S/c1-17(11-14-16-8-9-18(14)2)10-13-6-5-12(19-13)4-3-7-15/h5-6,8-9H,7,10-11,15H2,1-2H3. The molecular weight excluding hydrogens is 256 g/mol. The normalized spacial score (nSPS) is 10.5. The van der Waals surface area contributed by atoms with Crippen LogP contribution in [-0.2, 0) is 20.1 Å². The average Bonchev–Trinajstić information content (AvgIpc) is 2.97. The molecule has 0 aliphatic carbocycles. The highest BCUT2D eigenvalue weighted by atomic mass is 32.1. The number of imidazole rings is 1. The first-order chi connectivity index (χ1) is 9.19. The summed E-state index contributed by atoms with van der Waals surface area (Å²) < 4.78 is 2.04. The van der Waals surface area contributed by atoms with Gasteiger partial charge >= 0.3 is 0 Å². The zero-order chi connectivity index (χ0) is 13.7. The topological polar surface area (TPSA) is 47.1 Å². The van der Waals surface area contributed by atoms with Gasteiger partial charge in [0.05, 0.1) is 18.0 Å². The van der Waals surface area contributed by atoms with Crippen molar-refractivity contribution >= 4 is 11.3 Å². The van der Waals surface area contributed by atoms with E-state index in [9.17, 15) is 0 Å². The van der Waals surface area contributed by atoms with Crippen molar-refractivity contribution in [3.05, 3.63) is 40.1 Å². The molecule has 0 spiro atoms. The van der Waals surface area contributed by atoms with Crippen LogP contribution in [0.25, 0.3) is 0 Å². The first kappa shape index (κ1) is 13.8. The molecule has 0 saturated carbocycles. The molecule has 19 heavy (non-hydrogen) atoms. The van der Waals surface area contributed by atoms with E-state index in [2.05, 4.69) is 40.9 Å². The van der Waals surface area contributed by atoms with E-state index in [0.717, 1.165) is 23.8 Å². The van der Waals surface area contributed by atoms with Gasteiger partial charge in [0.2, 0.25) is 0 Å². The van der Waals surface area contributed by atoms with Gasteiger partial charge in [0.25, 0.3) is 0 Å². The molecule has 0 aliphatic heterocycles. The van der Waals surface area contributed by atoms with Gasteiger partial charge in [-0.2, -0.15) is 0 Å². The Balaban J connectivity index is 1.93. The van der Waals surface area contributed by atoms with Crippen LogP contribution < -0.4 is 5.73 Å². The summed E-state index contributed by atoms with van der Waals surface area (Å²) >= 11 is 1.72. The maximum Gasteiger partial charge on any atom is 0.122 e. The number of aromatic nitrogens is 2. The highest BCUT2D eigenvalue weighted by Gasteiger charge is 2.06. The third kappa shape index (κ3) is 3.93. The molecule has 0 atom stereocenters. The predicted octanol–water partition coefficient (Wildman–Crippen LogP) is 1.42. The number of nitrogens with zero attached hydrogens (tertiary/aromatic N) is 3. The van der Waals surface area contributed by atoms with Crippen molar-refractivity contribution in [2.24, 2.45) is 12.8 Å². The van der Waals surface area contributed by atoms with E-state index in [1.54, 1.807) is 11.3 Å². The maximum atomic E-state index is 5.37. The second-order valence-corrected chi connectivity index (χ2v) is 5.57. The Kier molecular flexibility index (Phi) is 4.74. The van der Waals surface area contributed by atoms with E-state index < -0.39 is 0 Å². The first-order valence-electron chi connectivity index (χ1n) is 6.11. The molecular formula is C14H18N4S. The predicted molar refractivity (Wildman–Crippen MR) is 78.6 cm³/mol. The molecule has 2 aromatic rings. The van der Waals surface area contributed by atoms with Crippen molar-refractivity contribution < 1.29 is 0 Å². The minimum atomic E-state index is 0.409. The molecule has 100 valence electrons. The minimum absolute atomic E-state index is 0.409. The van der Waals surface area contributed by atoms with Crippen LogP contribution in [0.5, 0.6) is 0 Å². The van der Waals surface area contributed by atoms with Crippen LogP contribution in [0.15, 0.2) is 24.5 Å². The van der Waals surface area contributed by atoms with E-state index in [1.165, 1.54) is 4.88 Å². The number of hydrogen-bond donors (Lipinski definition) is 1. The fourth-order valence-electron chi connectivity index (χ4n) is 1.78. The van der Waals surface area contributed by atoms with Gasteiger partial charge in [-0.05, 0) is 19.2 Å². The lowest BCUT2D eigenvalue weighted by Crippen LogP contribution is -2.18. The zero-order valence-corrected chi connectivity index (χ0v) is 12.1. The van der Waals surface area contributed by atoms with Crippen LogP contribution in [0.2, 0.25) is 0 Å². The average molecular weight is 274 g/mol. The van der Waals surface area contributed by atoms with E-state index >= 15 is 0 Å². The molecule has 4 nitrogen and oxygen atoms in total. The molecule has 2 aromatic heterocycles. The molecule has 0 saturated heterocycles. The van der Waals surface area contributed by atoms with Crippen molar-refractivity contribution in [1.29, 1.82) is 0 Å². The van der Waals surface area contributed by atoms with Crippen LogP contribution in [0.1, 0.15) is 15.6 Å². The Morgan fingerprint density at radius 2 is 2.26 bits per heavy atom. The highest BCUT2D eigenvalue weighted by Crippen LogP contribution is 2.17. The number of hydrogen-bond acceptors (Lipinski definition) is 4. The van der Waals surface area contributed by atoms with Crippen molar-refractivity contribution in [3.63, 3.8) is 0 Å². The SMILES string of the molecule is CN(Cc1ccc(C#CCN)s1)Cc1nccn1C. The lowest BCUT2D eigenvalue weighted by Gasteiger charge is -2.14. The molecule has 2 N–H and O–H groups in total. The van der Waals surface area contributed by atoms with Crippen LogP contribution in [0, 0.1) is 11.8 Å². The molecule has 0 fully saturated rings. The van der Waals surface area contributed by atoms with Crippen LogP contribution in [0.3, 0.4) is 0 Å². The summed E-state index contributed by atoms with van der Waals surface area (Å²) in [5, 5.41) is 0. The monoisotopic (exact) mass is 274 g/mol. The number of nitrogens with two attached hydrogens (primary N) is 1. The summed E-state index contributed by atoms with van der Waals surface area (Å²) in [6.07, 6.45) is 3.80. The van der Waals surface area contributed by atoms with Gasteiger partial charge < -0.3 is 10.3 Å². The molecule has 0 unspecified atom stereocenters. The fourth-order valence-corrected chi connectivity index (χ4v) is 2.74. The third-order valence-electron chi connectivity index (χ3n) is 2.73. The van der Waals surface area contributed by atoms with Gasteiger partial charge in [0, 0.05) is 30.9 Å². The molecule has 0 aromatic carbocycles. The van der Waals surface area contributed by atoms with Gasteiger partial charge in [-0.1, -0.05) is 11.8 Å². The van der Waals surface area contributed by atoms with Crippen LogP contribution in [0.4, 0.5) is 0 Å². The Hall–Kier alpha value is -1.61. The Morgan fingerprint density at radius 3 is 2.95 bits per heavy atom. The first-order valence-corrected chi connectivity index (χ1v) is 6.93. The van der Waals surface area contributed by atoms with Gasteiger partial charge in [-0.15, -0.1) is 11.3 Å². The summed E-state index contributed by atoms with van der Waals surface area (Å²) in [6.45, 7) is 2.15. The van der Waals surface area contributed by atoms with E-state index in [0.29, 0.717) is 6.54 Å². The Labute approximate surface area is 117 Å². The van der Waals surface area contributed by atoms with Gasteiger partial charge in [0.1, 0.15) is 5.82 Å². The van der Waals surface area contributed by atoms with Crippen molar-refractivity contribution in [2.45, 2.75) is 13.1 Å². The molecule has 0 bridgehead atoms. The fraction of sp³-hybridized carbons (Fsp3) is 0.357. The lowest BCUT2D eigenvalue weighted by atomic mass is 10.4. The van der Waals surface area contributed by atoms with E-state index in [4.69, 9.17) is 5.73 Å². The molecule has 2 rings (SSSR count). The van der Waals surface area contributed by atoms with Crippen LogP contribution in [-0.4, -0.2) is 28.0 Å². The zero-order valence-electron chi connectivity index (χ0n) is 11.3.